The maximum absolute atomic E-state index is 13.4. The maximum atomic E-state index is 13.4. The van der Waals surface area contributed by atoms with Crippen LogP contribution in [0.25, 0.3) is 6.08 Å². The van der Waals surface area contributed by atoms with E-state index in [2.05, 4.69) is 0 Å². The first-order valence-electron chi connectivity index (χ1n) is 8.63. The molecule has 148 valence electrons. The second-order valence-electron chi connectivity index (χ2n) is 6.25. The average Bonchev–Trinajstić information content (AvgIpc) is 2.72. The maximum Gasteiger partial charge on any atom is 0.267 e. The molecule has 0 aliphatic carbocycles. The van der Waals surface area contributed by atoms with Gasteiger partial charge in [-0.1, -0.05) is 18.2 Å². The summed E-state index contributed by atoms with van der Waals surface area (Å²) in [6, 6.07) is 12.4. The van der Waals surface area contributed by atoms with Gasteiger partial charge in [0.05, 0.1) is 4.90 Å². The van der Waals surface area contributed by atoms with Crippen molar-refractivity contribution in [2.75, 3.05) is 31.1 Å². The molecule has 0 atom stereocenters. The van der Waals surface area contributed by atoms with E-state index in [4.69, 9.17) is 5.21 Å². The predicted octanol–water partition coefficient (Wildman–Crippen LogP) is 1.86. The van der Waals surface area contributed by atoms with Gasteiger partial charge >= 0.3 is 0 Å². The molecule has 1 aliphatic rings. The van der Waals surface area contributed by atoms with Crippen LogP contribution < -0.4 is 10.4 Å². The normalized spacial score (nSPS) is 15.7. The van der Waals surface area contributed by atoms with Crippen LogP contribution in [0.1, 0.15) is 5.56 Å². The number of halogens is 1. The van der Waals surface area contributed by atoms with Crippen molar-refractivity contribution in [3.05, 3.63) is 66.0 Å². The lowest BCUT2D eigenvalue weighted by Crippen LogP contribution is -2.48. The molecule has 9 heteroatoms. The molecule has 0 unspecified atom stereocenters. The van der Waals surface area contributed by atoms with Gasteiger partial charge in [0, 0.05) is 37.9 Å². The highest BCUT2D eigenvalue weighted by Gasteiger charge is 2.28. The number of hydrogen-bond acceptors (Lipinski definition) is 5. The van der Waals surface area contributed by atoms with Gasteiger partial charge in [0.2, 0.25) is 10.0 Å². The van der Waals surface area contributed by atoms with E-state index in [1.54, 1.807) is 24.3 Å². The van der Waals surface area contributed by atoms with Crippen LogP contribution in [0.2, 0.25) is 0 Å². The Morgan fingerprint density at radius 2 is 1.79 bits per heavy atom. The number of carbonyl (C=O) groups is 1. The number of nitrogens with zero attached hydrogens (tertiary/aromatic N) is 2. The smallest absolute Gasteiger partial charge is 0.267 e. The Morgan fingerprint density at radius 1 is 1.07 bits per heavy atom. The first kappa shape index (κ1) is 20.0. The van der Waals surface area contributed by atoms with Crippen molar-refractivity contribution in [1.29, 1.82) is 0 Å². The highest BCUT2D eigenvalue weighted by atomic mass is 32.2. The number of rotatable bonds is 5. The zero-order valence-electron chi connectivity index (χ0n) is 15.0. The lowest BCUT2D eigenvalue weighted by atomic mass is 10.2. The van der Waals surface area contributed by atoms with Gasteiger partial charge in [-0.15, -0.1) is 0 Å². The van der Waals surface area contributed by atoms with E-state index >= 15 is 0 Å². The molecular formula is C19H20FN3O4S. The molecule has 0 radical (unpaired) electrons. The van der Waals surface area contributed by atoms with E-state index < -0.39 is 15.9 Å². The SMILES string of the molecule is O=C(/C=C/c1cccc(S(=O)(=O)N2CCN(c3cccc(F)c3)CC2)c1)NO. The number of anilines is 1. The number of piperazine rings is 1. The number of sulfonamides is 1. The van der Waals surface area contributed by atoms with Gasteiger partial charge in [-0.2, -0.15) is 4.31 Å². The second-order valence-corrected chi connectivity index (χ2v) is 8.19. The number of amides is 1. The van der Waals surface area contributed by atoms with Crippen LogP contribution in [0.15, 0.2) is 59.5 Å². The van der Waals surface area contributed by atoms with Crippen LogP contribution in [0.4, 0.5) is 10.1 Å². The number of hydrogen-bond donors (Lipinski definition) is 2. The Bertz CT molecular complexity index is 986. The van der Waals surface area contributed by atoms with E-state index in [1.165, 1.54) is 40.1 Å². The summed E-state index contributed by atoms with van der Waals surface area (Å²) in [5.41, 5.74) is 2.72. The largest absolute Gasteiger partial charge is 0.369 e. The third-order valence-corrected chi connectivity index (χ3v) is 6.34. The van der Waals surface area contributed by atoms with Crippen molar-refractivity contribution >= 4 is 27.7 Å². The molecule has 7 nitrogen and oxygen atoms in total. The van der Waals surface area contributed by atoms with Gasteiger partial charge in [0.25, 0.3) is 5.91 Å². The van der Waals surface area contributed by atoms with E-state index in [0.29, 0.717) is 18.7 Å². The summed E-state index contributed by atoms with van der Waals surface area (Å²) in [5, 5.41) is 8.51. The fourth-order valence-corrected chi connectivity index (χ4v) is 4.47. The molecule has 0 saturated carbocycles. The molecule has 2 aromatic carbocycles. The van der Waals surface area contributed by atoms with Crippen molar-refractivity contribution in [2.45, 2.75) is 4.90 Å². The summed E-state index contributed by atoms with van der Waals surface area (Å²) in [6.07, 6.45) is 2.51. The fraction of sp³-hybridized carbons (Fsp3) is 0.211. The van der Waals surface area contributed by atoms with Crippen molar-refractivity contribution in [1.82, 2.24) is 9.79 Å². The molecule has 1 heterocycles. The van der Waals surface area contributed by atoms with Gasteiger partial charge in [0.15, 0.2) is 0 Å². The Balaban J connectivity index is 1.72. The number of nitrogens with one attached hydrogen (secondary N) is 1. The highest BCUT2D eigenvalue weighted by molar-refractivity contribution is 7.89. The summed E-state index contributed by atoms with van der Waals surface area (Å²) >= 11 is 0. The summed E-state index contributed by atoms with van der Waals surface area (Å²) < 4.78 is 40.7. The van der Waals surface area contributed by atoms with Crippen LogP contribution in [-0.4, -0.2) is 50.0 Å². The second kappa shape index (κ2) is 8.51. The summed E-state index contributed by atoms with van der Waals surface area (Å²) in [4.78, 5) is 13.2. The Morgan fingerprint density at radius 3 is 2.46 bits per heavy atom. The molecule has 2 aromatic rings. The van der Waals surface area contributed by atoms with Gasteiger partial charge < -0.3 is 4.90 Å². The van der Waals surface area contributed by atoms with Crippen LogP contribution >= 0.6 is 0 Å². The predicted molar refractivity (Wildman–Crippen MR) is 103 cm³/mol. The third kappa shape index (κ3) is 4.56. The molecular weight excluding hydrogens is 385 g/mol. The molecule has 0 bridgehead atoms. The zero-order chi connectivity index (χ0) is 20.1. The lowest BCUT2D eigenvalue weighted by molar-refractivity contribution is -0.124. The van der Waals surface area contributed by atoms with Crippen molar-refractivity contribution in [3.63, 3.8) is 0 Å². The van der Waals surface area contributed by atoms with Crippen molar-refractivity contribution < 1.29 is 22.8 Å². The first-order chi connectivity index (χ1) is 13.4. The van der Waals surface area contributed by atoms with Crippen LogP contribution in [0, 0.1) is 5.82 Å². The Kier molecular flexibility index (Phi) is 6.08. The Labute approximate surface area is 162 Å². The van der Waals surface area contributed by atoms with Gasteiger partial charge in [-0.25, -0.2) is 18.3 Å². The topological polar surface area (TPSA) is 90.0 Å². The molecule has 0 spiro atoms. The number of hydroxylamine groups is 1. The molecule has 1 saturated heterocycles. The minimum absolute atomic E-state index is 0.123. The van der Waals surface area contributed by atoms with Crippen LogP contribution in [-0.2, 0) is 14.8 Å². The lowest BCUT2D eigenvalue weighted by Gasteiger charge is -2.35. The minimum atomic E-state index is -3.69. The van der Waals surface area contributed by atoms with E-state index in [1.807, 2.05) is 4.90 Å². The van der Waals surface area contributed by atoms with Crippen LogP contribution in [0.5, 0.6) is 0 Å². The molecule has 2 N–H and O–H groups in total. The molecule has 1 fully saturated rings. The molecule has 3 rings (SSSR count). The average molecular weight is 405 g/mol. The van der Waals surface area contributed by atoms with Crippen molar-refractivity contribution in [2.24, 2.45) is 0 Å². The van der Waals surface area contributed by atoms with Gasteiger partial charge in [-0.05, 0) is 42.0 Å². The van der Waals surface area contributed by atoms with E-state index in [0.717, 1.165) is 11.8 Å². The van der Waals surface area contributed by atoms with Gasteiger partial charge in [0.1, 0.15) is 5.82 Å². The molecule has 1 aliphatic heterocycles. The molecule has 0 aromatic heterocycles. The number of carbonyl (C=O) groups excluding carboxylic acids is 1. The highest BCUT2D eigenvalue weighted by Crippen LogP contribution is 2.22. The van der Waals surface area contributed by atoms with E-state index in [9.17, 15) is 17.6 Å². The minimum Gasteiger partial charge on any atom is -0.369 e. The molecule has 28 heavy (non-hydrogen) atoms. The standard InChI is InChI=1S/C19H20FN3O4S/c20-16-4-2-5-17(14-16)22-9-11-23(12-10-22)28(26,27)18-6-1-3-15(13-18)7-8-19(24)21-25/h1-8,13-14,25H,9-12H2,(H,21,24)/b8-7+. The summed E-state index contributed by atoms with van der Waals surface area (Å²) in [5.74, 6) is -1.03. The fourth-order valence-electron chi connectivity index (χ4n) is 3.00. The van der Waals surface area contributed by atoms with Crippen molar-refractivity contribution in [3.8, 4) is 0 Å². The Hall–Kier alpha value is -2.75. The monoisotopic (exact) mass is 405 g/mol. The summed E-state index contributed by atoms with van der Waals surface area (Å²) in [7, 11) is -3.69. The first-order valence-corrected chi connectivity index (χ1v) is 10.1. The quantitative estimate of drug-likeness (QED) is 0.450. The number of benzene rings is 2. The van der Waals surface area contributed by atoms with E-state index in [-0.39, 0.29) is 23.8 Å². The zero-order valence-corrected chi connectivity index (χ0v) is 15.8. The van der Waals surface area contributed by atoms with Crippen LogP contribution in [0.3, 0.4) is 0 Å². The molecule has 1 amide bonds. The summed E-state index contributed by atoms with van der Waals surface area (Å²) in [6.45, 7) is 1.48. The van der Waals surface area contributed by atoms with Gasteiger partial charge in [-0.3, -0.25) is 10.0 Å². The third-order valence-electron chi connectivity index (χ3n) is 4.45.